The first-order valence-corrected chi connectivity index (χ1v) is 5.01. The number of aromatic nitrogens is 3. The number of carbonyl (C=O) groups is 1. The van der Waals surface area contributed by atoms with E-state index >= 15 is 0 Å². The molecular weight excluding hydrogens is 210 g/mol. The van der Waals surface area contributed by atoms with Gasteiger partial charge in [-0.05, 0) is 12.8 Å². The SMILES string of the molecule is COc1ncnc(N2CCC[C@H]2C(N)=O)n1. The van der Waals surface area contributed by atoms with Crippen molar-refractivity contribution >= 4 is 11.9 Å². The summed E-state index contributed by atoms with van der Waals surface area (Å²) in [6.45, 7) is 0.723. The molecule has 7 nitrogen and oxygen atoms in total. The lowest BCUT2D eigenvalue weighted by Crippen LogP contribution is -2.41. The smallest absolute Gasteiger partial charge is 0.320 e. The maximum Gasteiger partial charge on any atom is 0.320 e. The molecule has 86 valence electrons. The zero-order valence-corrected chi connectivity index (χ0v) is 8.96. The van der Waals surface area contributed by atoms with Crippen molar-refractivity contribution in [2.24, 2.45) is 5.73 Å². The fraction of sp³-hybridized carbons (Fsp3) is 0.556. The van der Waals surface area contributed by atoms with Gasteiger partial charge in [0.15, 0.2) is 0 Å². The predicted octanol–water partition coefficient (Wildman–Crippen LogP) is -0.666. The standard InChI is InChI=1S/C9H13N5O2/c1-16-9-12-5-11-8(13-9)14-4-2-3-6(14)7(10)15/h5-6H,2-4H2,1H3,(H2,10,15)/t6-/m0/s1. The molecule has 0 spiro atoms. The van der Waals surface area contributed by atoms with Crippen LogP contribution in [0.5, 0.6) is 6.01 Å². The molecule has 1 amide bonds. The van der Waals surface area contributed by atoms with E-state index in [9.17, 15) is 4.79 Å². The van der Waals surface area contributed by atoms with Crippen molar-refractivity contribution in [3.8, 4) is 6.01 Å². The number of hydrogen-bond acceptors (Lipinski definition) is 6. The minimum atomic E-state index is -0.350. The number of carbonyl (C=O) groups excluding carboxylic acids is 1. The van der Waals surface area contributed by atoms with E-state index in [0.29, 0.717) is 5.95 Å². The Hall–Kier alpha value is -1.92. The minimum Gasteiger partial charge on any atom is -0.467 e. The van der Waals surface area contributed by atoms with Crippen LogP contribution in [0.4, 0.5) is 5.95 Å². The van der Waals surface area contributed by atoms with Gasteiger partial charge >= 0.3 is 6.01 Å². The maximum atomic E-state index is 11.2. The molecule has 1 fully saturated rings. The third-order valence-corrected chi connectivity index (χ3v) is 2.56. The van der Waals surface area contributed by atoms with Gasteiger partial charge in [-0.2, -0.15) is 9.97 Å². The van der Waals surface area contributed by atoms with Crippen molar-refractivity contribution in [2.45, 2.75) is 18.9 Å². The molecule has 2 N–H and O–H groups in total. The van der Waals surface area contributed by atoms with Crippen LogP contribution < -0.4 is 15.4 Å². The summed E-state index contributed by atoms with van der Waals surface area (Å²) in [5.41, 5.74) is 5.31. The van der Waals surface area contributed by atoms with Crippen LogP contribution in [0.15, 0.2) is 6.33 Å². The summed E-state index contributed by atoms with van der Waals surface area (Å²) >= 11 is 0. The van der Waals surface area contributed by atoms with E-state index in [0.717, 1.165) is 19.4 Å². The number of ether oxygens (including phenoxy) is 1. The van der Waals surface area contributed by atoms with Gasteiger partial charge in [-0.1, -0.05) is 0 Å². The number of primary amides is 1. The van der Waals surface area contributed by atoms with Crippen LogP contribution in [-0.4, -0.2) is 40.6 Å². The highest BCUT2D eigenvalue weighted by molar-refractivity contribution is 5.83. The quantitative estimate of drug-likeness (QED) is 0.730. The van der Waals surface area contributed by atoms with E-state index in [4.69, 9.17) is 10.5 Å². The molecule has 1 atom stereocenters. The van der Waals surface area contributed by atoms with Crippen molar-refractivity contribution < 1.29 is 9.53 Å². The number of nitrogens with zero attached hydrogens (tertiary/aromatic N) is 4. The van der Waals surface area contributed by atoms with Gasteiger partial charge in [0.2, 0.25) is 11.9 Å². The summed E-state index contributed by atoms with van der Waals surface area (Å²) in [7, 11) is 1.48. The summed E-state index contributed by atoms with van der Waals surface area (Å²) < 4.78 is 4.91. The van der Waals surface area contributed by atoms with Crippen LogP contribution in [0.1, 0.15) is 12.8 Å². The molecule has 0 aliphatic carbocycles. The van der Waals surface area contributed by atoms with Crippen molar-refractivity contribution in [1.82, 2.24) is 15.0 Å². The summed E-state index contributed by atoms with van der Waals surface area (Å²) in [6.07, 6.45) is 3.00. The summed E-state index contributed by atoms with van der Waals surface area (Å²) in [5, 5.41) is 0. The zero-order chi connectivity index (χ0) is 11.5. The van der Waals surface area contributed by atoms with Crippen LogP contribution in [0.25, 0.3) is 0 Å². The van der Waals surface area contributed by atoms with Crippen LogP contribution >= 0.6 is 0 Å². The Morgan fingerprint density at radius 2 is 2.44 bits per heavy atom. The molecule has 16 heavy (non-hydrogen) atoms. The predicted molar refractivity (Wildman–Crippen MR) is 55.9 cm³/mol. The summed E-state index contributed by atoms with van der Waals surface area (Å²) in [6, 6.07) is -0.0905. The first kappa shape index (κ1) is 10.6. The molecule has 7 heteroatoms. The molecule has 1 saturated heterocycles. The number of rotatable bonds is 3. The molecule has 2 heterocycles. The highest BCUT2D eigenvalue weighted by Gasteiger charge is 2.31. The van der Waals surface area contributed by atoms with Gasteiger partial charge in [-0.3, -0.25) is 4.79 Å². The Bertz CT molecular complexity index is 397. The van der Waals surface area contributed by atoms with Crippen molar-refractivity contribution in [1.29, 1.82) is 0 Å². The second-order valence-corrected chi connectivity index (χ2v) is 3.53. The van der Waals surface area contributed by atoms with Crippen molar-refractivity contribution in [3.63, 3.8) is 0 Å². The highest BCUT2D eigenvalue weighted by atomic mass is 16.5. The van der Waals surface area contributed by atoms with E-state index in [-0.39, 0.29) is 18.0 Å². The Kier molecular flexibility index (Phi) is 2.84. The number of anilines is 1. The Balaban J connectivity index is 2.25. The highest BCUT2D eigenvalue weighted by Crippen LogP contribution is 2.22. The largest absolute Gasteiger partial charge is 0.467 e. The van der Waals surface area contributed by atoms with Crippen molar-refractivity contribution in [3.05, 3.63) is 6.33 Å². The van der Waals surface area contributed by atoms with Gasteiger partial charge in [-0.15, -0.1) is 0 Å². The van der Waals surface area contributed by atoms with Gasteiger partial charge in [0, 0.05) is 6.54 Å². The average molecular weight is 223 g/mol. The molecule has 1 aromatic heterocycles. The topological polar surface area (TPSA) is 94.2 Å². The van der Waals surface area contributed by atoms with Gasteiger partial charge in [-0.25, -0.2) is 4.98 Å². The molecule has 1 aliphatic rings. The molecule has 1 aliphatic heterocycles. The summed E-state index contributed by atoms with van der Waals surface area (Å²) in [4.78, 5) is 24.9. The minimum absolute atomic E-state index is 0.236. The molecule has 0 unspecified atom stereocenters. The van der Waals surface area contributed by atoms with Crippen LogP contribution in [-0.2, 0) is 4.79 Å². The van der Waals surface area contributed by atoms with Gasteiger partial charge in [0.25, 0.3) is 0 Å². The van der Waals surface area contributed by atoms with Crippen LogP contribution in [0, 0.1) is 0 Å². The third kappa shape index (κ3) is 1.88. The maximum absolute atomic E-state index is 11.2. The Morgan fingerprint density at radius 3 is 3.12 bits per heavy atom. The number of hydrogen-bond donors (Lipinski definition) is 1. The second kappa shape index (κ2) is 4.30. The van der Waals surface area contributed by atoms with Crippen LogP contribution in [0.3, 0.4) is 0 Å². The zero-order valence-electron chi connectivity index (χ0n) is 8.96. The molecule has 1 aromatic rings. The number of nitrogens with two attached hydrogens (primary N) is 1. The first-order chi connectivity index (χ1) is 7.72. The Morgan fingerprint density at radius 1 is 1.62 bits per heavy atom. The van der Waals surface area contributed by atoms with Crippen molar-refractivity contribution in [2.75, 3.05) is 18.6 Å². The summed E-state index contributed by atoms with van der Waals surface area (Å²) in [5.74, 6) is 0.0880. The Labute approximate surface area is 92.6 Å². The average Bonchev–Trinajstić information content (AvgIpc) is 2.78. The molecular formula is C9H13N5O2. The first-order valence-electron chi connectivity index (χ1n) is 5.01. The van der Waals surface area contributed by atoms with Gasteiger partial charge < -0.3 is 15.4 Å². The van der Waals surface area contributed by atoms with E-state index in [1.165, 1.54) is 13.4 Å². The molecule has 0 bridgehead atoms. The monoisotopic (exact) mass is 223 g/mol. The van der Waals surface area contributed by atoms with E-state index < -0.39 is 0 Å². The lowest BCUT2D eigenvalue weighted by atomic mass is 10.2. The molecule has 0 radical (unpaired) electrons. The van der Waals surface area contributed by atoms with E-state index in [1.54, 1.807) is 4.90 Å². The lowest BCUT2D eigenvalue weighted by molar-refractivity contribution is -0.119. The van der Waals surface area contributed by atoms with E-state index in [1.807, 2.05) is 0 Å². The fourth-order valence-corrected chi connectivity index (χ4v) is 1.81. The van der Waals surface area contributed by atoms with Gasteiger partial charge in [0.1, 0.15) is 12.4 Å². The second-order valence-electron chi connectivity index (χ2n) is 3.53. The molecule has 0 aromatic carbocycles. The lowest BCUT2D eigenvalue weighted by Gasteiger charge is -2.21. The van der Waals surface area contributed by atoms with Gasteiger partial charge in [0.05, 0.1) is 7.11 Å². The normalized spacial score (nSPS) is 19.8. The number of methoxy groups -OCH3 is 1. The third-order valence-electron chi connectivity index (χ3n) is 2.56. The fourth-order valence-electron chi connectivity index (χ4n) is 1.81. The molecule has 0 saturated carbocycles. The van der Waals surface area contributed by atoms with E-state index in [2.05, 4.69) is 15.0 Å². The molecule has 2 rings (SSSR count). The number of amides is 1. The van der Waals surface area contributed by atoms with Crippen LogP contribution in [0.2, 0.25) is 0 Å².